The highest BCUT2D eigenvalue weighted by Crippen LogP contribution is 2.34. The van der Waals surface area contributed by atoms with Crippen molar-refractivity contribution >= 4 is 5.91 Å². The van der Waals surface area contributed by atoms with Gasteiger partial charge in [0, 0.05) is 12.6 Å². The Morgan fingerprint density at radius 1 is 1.50 bits per heavy atom. The molecular formula is C14H23N3O. The lowest BCUT2D eigenvalue weighted by atomic mass is 9.77. The number of carbonyl (C=O) groups is 1. The molecule has 4 nitrogen and oxygen atoms in total. The van der Waals surface area contributed by atoms with Crippen LogP contribution in [0.25, 0.3) is 0 Å². The minimum atomic E-state index is -0.0782. The van der Waals surface area contributed by atoms with Gasteiger partial charge in [-0.15, -0.1) is 0 Å². The zero-order valence-corrected chi connectivity index (χ0v) is 11.4. The monoisotopic (exact) mass is 249 g/mol. The second kappa shape index (κ2) is 5.27. The molecule has 100 valence electrons. The lowest BCUT2D eigenvalue weighted by molar-refractivity contribution is -0.138. The molecular weight excluding hydrogens is 226 g/mol. The molecule has 0 radical (unpaired) electrons. The number of nitrogens with one attached hydrogen (secondary N) is 1. The molecule has 4 heteroatoms. The molecule has 1 unspecified atom stereocenters. The summed E-state index contributed by atoms with van der Waals surface area (Å²) < 4.78 is 0. The Hall–Kier alpha value is -1.08. The first-order valence-corrected chi connectivity index (χ1v) is 6.97. The fraction of sp³-hybridized carbons (Fsp3) is 0.857. The molecule has 1 amide bonds. The number of hydrogen-bond donors (Lipinski definition) is 1. The zero-order chi connectivity index (χ0) is 13.2. The number of hydrogen-bond acceptors (Lipinski definition) is 3. The quantitative estimate of drug-likeness (QED) is 0.824. The second-order valence-corrected chi connectivity index (χ2v) is 6.15. The normalized spacial score (nSPS) is 26.4. The third-order valence-corrected chi connectivity index (χ3v) is 4.11. The molecule has 1 aliphatic heterocycles. The molecule has 2 fully saturated rings. The average molecular weight is 249 g/mol. The highest BCUT2D eigenvalue weighted by atomic mass is 16.2. The third kappa shape index (κ3) is 2.84. The molecule has 1 atom stereocenters. The van der Waals surface area contributed by atoms with Crippen molar-refractivity contribution in [3.05, 3.63) is 0 Å². The van der Waals surface area contributed by atoms with E-state index in [0.717, 1.165) is 32.2 Å². The number of carbonyl (C=O) groups excluding carboxylic acids is 1. The first-order valence-electron chi connectivity index (χ1n) is 6.97. The van der Waals surface area contributed by atoms with Gasteiger partial charge in [-0.3, -0.25) is 4.79 Å². The van der Waals surface area contributed by atoms with E-state index in [1.54, 1.807) is 0 Å². The van der Waals surface area contributed by atoms with Gasteiger partial charge < -0.3 is 10.2 Å². The summed E-state index contributed by atoms with van der Waals surface area (Å²) in [6.07, 6.45) is 4.87. The molecule has 1 aliphatic carbocycles. The second-order valence-electron chi connectivity index (χ2n) is 6.15. The third-order valence-electron chi connectivity index (χ3n) is 4.11. The minimum absolute atomic E-state index is 0.0229. The molecule has 2 aliphatic rings. The number of nitriles is 1. The topological polar surface area (TPSA) is 56.1 Å². The summed E-state index contributed by atoms with van der Waals surface area (Å²) in [5.74, 6) is 0.206. The molecule has 1 saturated carbocycles. The summed E-state index contributed by atoms with van der Waals surface area (Å²) in [6.45, 7) is 5.85. The van der Waals surface area contributed by atoms with Crippen LogP contribution in [0, 0.1) is 16.7 Å². The SMILES string of the molecule is CC1(C)CCCNC1C(=O)N(CCC#N)C1CC1. The van der Waals surface area contributed by atoms with Gasteiger partial charge in [0.15, 0.2) is 0 Å². The smallest absolute Gasteiger partial charge is 0.240 e. The molecule has 0 aromatic heterocycles. The Morgan fingerprint density at radius 3 is 2.78 bits per heavy atom. The molecule has 0 aromatic carbocycles. The largest absolute Gasteiger partial charge is 0.337 e. The highest BCUT2D eigenvalue weighted by molar-refractivity contribution is 5.83. The van der Waals surface area contributed by atoms with Gasteiger partial charge in [0.1, 0.15) is 0 Å². The van der Waals surface area contributed by atoms with Crippen molar-refractivity contribution in [2.24, 2.45) is 5.41 Å². The van der Waals surface area contributed by atoms with E-state index in [-0.39, 0.29) is 17.4 Å². The predicted octanol–water partition coefficient (Wildman–Crippen LogP) is 1.67. The summed E-state index contributed by atoms with van der Waals surface area (Å²) in [7, 11) is 0. The first-order chi connectivity index (χ1) is 8.56. The van der Waals surface area contributed by atoms with Crippen LogP contribution < -0.4 is 5.32 Å². The van der Waals surface area contributed by atoms with Gasteiger partial charge >= 0.3 is 0 Å². The fourth-order valence-electron chi connectivity index (χ4n) is 2.83. The number of amides is 1. The van der Waals surface area contributed by atoms with Crippen molar-refractivity contribution in [2.75, 3.05) is 13.1 Å². The van der Waals surface area contributed by atoms with Crippen LogP contribution in [0.15, 0.2) is 0 Å². The molecule has 0 bridgehead atoms. The van der Waals surface area contributed by atoms with Gasteiger partial charge in [-0.25, -0.2) is 0 Å². The molecule has 2 rings (SSSR count). The molecule has 18 heavy (non-hydrogen) atoms. The lowest BCUT2D eigenvalue weighted by Crippen LogP contribution is -2.57. The minimum Gasteiger partial charge on any atom is -0.337 e. The number of piperidine rings is 1. The Kier molecular flexibility index (Phi) is 3.91. The fourth-order valence-corrected chi connectivity index (χ4v) is 2.83. The van der Waals surface area contributed by atoms with Gasteiger partial charge in [0.05, 0.1) is 18.5 Å². The lowest BCUT2D eigenvalue weighted by Gasteiger charge is -2.40. The Morgan fingerprint density at radius 2 is 2.22 bits per heavy atom. The first kappa shape index (κ1) is 13.4. The maximum Gasteiger partial charge on any atom is 0.240 e. The van der Waals surface area contributed by atoms with Gasteiger partial charge in [0.2, 0.25) is 5.91 Å². The maximum absolute atomic E-state index is 12.7. The molecule has 0 spiro atoms. The molecule has 1 N–H and O–H groups in total. The zero-order valence-electron chi connectivity index (χ0n) is 11.4. The van der Waals surface area contributed by atoms with E-state index in [1.807, 2.05) is 4.90 Å². The van der Waals surface area contributed by atoms with Gasteiger partial charge in [-0.05, 0) is 37.6 Å². The molecule has 1 heterocycles. The van der Waals surface area contributed by atoms with E-state index in [0.29, 0.717) is 19.0 Å². The van der Waals surface area contributed by atoms with Crippen LogP contribution in [0.1, 0.15) is 46.0 Å². The van der Waals surface area contributed by atoms with Crippen molar-refractivity contribution < 1.29 is 4.79 Å². The van der Waals surface area contributed by atoms with E-state index in [1.165, 1.54) is 0 Å². The van der Waals surface area contributed by atoms with E-state index in [9.17, 15) is 4.79 Å². The summed E-state index contributed by atoms with van der Waals surface area (Å²) in [5.41, 5.74) is 0.0229. The van der Waals surface area contributed by atoms with Crippen LogP contribution >= 0.6 is 0 Å². The number of rotatable bonds is 4. The van der Waals surface area contributed by atoms with Gasteiger partial charge in [-0.1, -0.05) is 13.8 Å². The summed E-state index contributed by atoms with van der Waals surface area (Å²) in [6, 6.07) is 2.46. The van der Waals surface area contributed by atoms with Crippen LogP contribution in [-0.2, 0) is 4.79 Å². The van der Waals surface area contributed by atoms with Crippen LogP contribution in [0.2, 0.25) is 0 Å². The van der Waals surface area contributed by atoms with Crippen LogP contribution in [-0.4, -0.2) is 36.0 Å². The number of nitrogens with zero attached hydrogens (tertiary/aromatic N) is 2. The van der Waals surface area contributed by atoms with Gasteiger partial charge in [0.25, 0.3) is 0 Å². The van der Waals surface area contributed by atoms with E-state index >= 15 is 0 Å². The van der Waals surface area contributed by atoms with Crippen LogP contribution in [0.3, 0.4) is 0 Å². The van der Waals surface area contributed by atoms with Crippen LogP contribution in [0.4, 0.5) is 0 Å². The van der Waals surface area contributed by atoms with Gasteiger partial charge in [-0.2, -0.15) is 5.26 Å². The Labute approximate surface area is 109 Å². The highest BCUT2D eigenvalue weighted by Gasteiger charge is 2.42. The standard InChI is InChI=1S/C14H23N3O/c1-14(2)7-3-9-16-12(14)13(18)17(10-4-8-15)11-5-6-11/h11-12,16H,3-7,9-10H2,1-2H3. The van der Waals surface area contributed by atoms with E-state index in [4.69, 9.17) is 5.26 Å². The predicted molar refractivity (Wildman–Crippen MR) is 69.8 cm³/mol. The summed E-state index contributed by atoms with van der Waals surface area (Å²) >= 11 is 0. The van der Waals surface area contributed by atoms with Crippen molar-refractivity contribution in [1.29, 1.82) is 5.26 Å². The summed E-state index contributed by atoms with van der Waals surface area (Å²) in [4.78, 5) is 14.6. The molecule has 1 saturated heterocycles. The molecule has 0 aromatic rings. The van der Waals surface area contributed by atoms with E-state index in [2.05, 4.69) is 25.2 Å². The van der Waals surface area contributed by atoms with Crippen molar-refractivity contribution in [1.82, 2.24) is 10.2 Å². The maximum atomic E-state index is 12.7. The van der Waals surface area contributed by atoms with Crippen LogP contribution in [0.5, 0.6) is 0 Å². The van der Waals surface area contributed by atoms with E-state index < -0.39 is 0 Å². The van der Waals surface area contributed by atoms with Crippen molar-refractivity contribution in [2.45, 2.75) is 58.0 Å². The summed E-state index contributed by atoms with van der Waals surface area (Å²) in [5, 5.41) is 12.1. The van der Waals surface area contributed by atoms with Crippen molar-refractivity contribution in [3.63, 3.8) is 0 Å². The Bertz CT molecular complexity index is 355. The van der Waals surface area contributed by atoms with Crippen molar-refractivity contribution in [3.8, 4) is 6.07 Å². The average Bonchev–Trinajstić information content (AvgIpc) is 3.13. The Balaban J connectivity index is 2.05.